The zero-order chi connectivity index (χ0) is 11.3. The van der Waals surface area contributed by atoms with Crippen LogP contribution in [0, 0.1) is 6.07 Å². The van der Waals surface area contributed by atoms with Crippen LogP contribution >= 0.6 is 0 Å². The first-order valence-electron chi connectivity index (χ1n) is 4.40. The van der Waals surface area contributed by atoms with Crippen LogP contribution in [0.1, 0.15) is 5.56 Å². The number of hydrogen-bond acceptors (Lipinski definition) is 2. The average Bonchev–Trinajstić information content (AvgIpc) is 2.18. The van der Waals surface area contributed by atoms with Crippen molar-refractivity contribution >= 4 is 0 Å². The van der Waals surface area contributed by atoms with Crippen LogP contribution in [0.5, 0.6) is 0 Å². The molecule has 0 saturated heterocycles. The molecule has 0 heterocycles. The summed E-state index contributed by atoms with van der Waals surface area (Å²) in [7, 11) is 0. The lowest BCUT2D eigenvalue weighted by molar-refractivity contribution is -0.201. The monoisotopic (exact) mass is 218 g/mol. The van der Waals surface area contributed by atoms with Gasteiger partial charge >= 0.3 is 6.18 Å². The molecule has 1 rings (SSSR count). The normalized spacial score (nSPS) is 13.9. The third kappa shape index (κ3) is 4.31. The molecule has 1 unspecified atom stereocenters. The van der Waals surface area contributed by atoms with E-state index >= 15 is 0 Å². The van der Waals surface area contributed by atoms with Gasteiger partial charge in [-0.25, -0.2) is 0 Å². The van der Waals surface area contributed by atoms with Crippen molar-refractivity contribution < 1.29 is 18.3 Å². The lowest BCUT2D eigenvalue weighted by atomic mass is 10.2. The molecule has 0 aliphatic rings. The second-order valence-electron chi connectivity index (χ2n) is 3.10. The molecule has 1 aromatic rings. The quantitative estimate of drug-likeness (QED) is 0.802. The maximum atomic E-state index is 11.9. The van der Waals surface area contributed by atoms with E-state index in [0.717, 1.165) is 5.56 Å². The molecule has 0 amide bonds. The van der Waals surface area contributed by atoms with E-state index in [9.17, 15) is 13.2 Å². The van der Waals surface area contributed by atoms with E-state index in [1.807, 2.05) is 0 Å². The van der Waals surface area contributed by atoms with Gasteiger partial charge in [0.05, 0.1) is 0 Å². The first-order chi connectivity index (χ1) is 7.00. The minimum absolute atomic E-state index is 0.293. The summed E-state index contributed by atoms with van der Waals surface area (Å²) >= 11 is 0. The Morgan fingerprint density at radius 1 is 1.33 bits per heavy atom. The van der Waals surface area contributed by atoms with E-state index in [0.29, 0.717) is 6.54 Å². The van der Waals surface area contributed by atoms with Gasteiger partial charge in [0.15, 0.2) is 6.10 Å². The molecule has 0 aliphatic carbocycles. The zero-order valence-electron chi connectivity index (χ0n) is 7.88. The molecule has 0 bridgehead atoms. The highest BCUT2D eigenvalue weighted by molar-refractivity contribution is 5.13. The second-order valence-corrected chi connectivity index (χ2v) is 3.10. The molecule has 0 fully saturated rings. The van der Waals surface area contributed by atoms with Crippen molar-refractivity contribution in [2.45, 2.75) is 18.8 Å². The van der Waals surface area contributed by atoms with Crippen molar-refractivity contribution in [2.24, 2.45) is 0 Å². The lowest BCUT2D eigenvalue weighted by Gasteiger charge is -2.14. The molecule has 83 valence electrons. The molecule has 5 heteroatoms. The number of halogens is 3. The van der Waals surface area contributed by atoms with Gasteiger partial charge in [-0.2, -0.15) is 13.2 Å². The fraction of sp³-hybridized carbons (Fsp3) is 0.400. The SMILES string of the molecule is OC(CNCc1cc[c]cc1)C(F)(F)F. The Morgan fingerprint density at radius 3 is 2.47 bits per heavy atom. The van der Waals surface area contributed by atoms with Crippen molar-refractivity contribution in [1.82, 2.24) is 5.32 Å². The van der Waals surface area contributed by atoms with Crippen LogP contribution in [-0.4, -0.2) is 23.9 Å². The molecule has 15 heavy (non-hydrogen) atoms. The van der Waals surface area contributed by atoms with Crippen molar-refractivity contribution in [3.05, 3.63) is 35.9 Å². The third-order valence-corrected chi connectivity index (χ3v) is 1.83. The molecule has 1 aromatic carbocycles. The van der Waals surface area contributed by atoms with E-state index < -0.39 is 18.8 Å². The summed E-state index contributed by atoms with van der Waals surface area (Å²) in [5, 5.41) is 11.2. The minimum atomic E-state index is -4.56. The van der Waals surface area contributed by atoms with Crippen LogP contribution in [0.4, 0.5) is 13.2 Å². The summed E-state index contributed by atoms with van der Waals surface area (Å²) in [4.78, 5) is 0. The van der Waals surface area contributed by atoms with E-state index in [4.69, 9.17) is 5.11 Å². The lowest BCUT2D eigenvalue weighted by Crippen LogP contribution is -2.38. The van der Waals surface area contributed by atoms with Gasteiger partial charge in [-0.15, -0.1) is 0 Å². The van der Waals surface area contributed by atoms with Gasteiger partial charge in [-0.05, 0) is 11.6 Å². The van der Waals surface area contributed by atoms with Gasteiger partial charge in [0.1, 0.15) is 0 Å². The highest BCUT2D eigenvalue weighted by Crippen LogP contribution is 2.19. The van der Waals surface area contributed by atoms with E-state index in [-0.39, 0.29) is 0 Å². The van der Waals surface area contributed by atoms with E-state index in [1.54, 1.807) is 24.3 Å². The maximum Gasteiger partial charge on any atom is 0.415 e. The van der Waals surface area contributed by atoms with Crippen LogP contribution in [0.25, 0.3) is 0 Å². The van der Waals surface area contributed by atoms with Gasteiger partial charge in [-0.3, -0.25) is 0 Å². The first-order valence-corrected chi connectivity index (χ1v) is 4.40. The second kappa shape index (κ2) is 5.14. The van der Waals surface area contributed by atoms with Crippen LogP contribution in [0.2, 0.25) is 0 Å². The van der Waals surface area contributed by atoms with Gasteiger partial charge < -0.3 is 10.4 Å². The first kappa shape index (κ1) is 12.0. The molecule has 0 saturated carbocycles. The van der Waals surface area contributed by atoms with Crippen LogP contribution in [0.3, 0.4) is 0 Å². The summed E-state index contributed by atoms with van der Waals surface area (Å²) in [5.74, 6) is 0. The Balaban J connectivity index is 2.28. The van der Waals surface area contributed by atoms with E-state index in [1.165, 1.54) is 0 Å². The maximum absolute atomic E-state index is 11.9. The average molecular weight is 218 g/mol. The van der Waals surface area contributed by atoms with Crippen LogP contribution in [-0.2, 0) is 6.54 Å². The predicted molar refractivity (Wildman–Crippen MR) is 49.0 cm³/mol. The number of benzene rings is 1. The van der Waals surface area contributed by atoms with E-state index in [2.05, 4.69) is 11.4 Å². The number of hydrogen-bond donors (Lipinski definition) is 2. The Kier molecular flexibility index (Phi) is 4.11. The summed E-state index contributed by atoms with van der Waals surface area (Å²) in [6.07, 6.45) is -6.87. The summed E-state index contributed by atoms with van der Waals surface area (Å²) in [6, 6.07) is 9.64. The van der Waals surface area contributed by atoms with Crippen LogP contribution < -0.4 is 5.32 Å². The minimum Gasteiger partial charge on any atom is -0.382 e. The number of rotatable bonds is 4. The number of aliphatic hydroxyl groups is 1. The summed E-state index contributed by atoms with van der Waals surface area (Å²) in [5.41, 5.74) is 0.850. The Hall–Kier alpha value is -1.07. The summed E-state index contributed by atoms with van der Waals surface area (Å²) in [6.45, 7) is -0.204. The Morgan fingerprint density at radius 2 is 1.93 bits per heavy atom. The Labute approximate surface area is 85.7 Å². The van der Waals surface area contributed by atoms with Crippen molar-refractivity contribution in [1.29, 1.82) is 0 Å². The van der Waals surface area contributed by atoms with Gasteiger partial charge in [0, 0.05) is 13.1 Å². The fourth-order valence-corrected chi connectivity index (χ4v) is 1.01. The smallest absolute Gasteiger partial charge is 0.382 e. The highest BCUT2D eigenvalue weighted by Gasteiger charge is 2.37. The number of nitrogens with one attached hydrogen (secondary N) is 1. The van der Waals surface area contributed by atoms with Gasteiger partial charge in [-0.1, -0.05) is 24.3 Å². The molecule has 0 spiro atoms. The largest absolute Gasteiger partial charge is 0.415 e. The summed E-state index contributed by atoms with van der Waals surface area (Å²) < 4.78 is 35.6. The number of aliphatic hydroxyl groups excluding tert-OH is 1. The van der Waals surface area contributed by atoms with Crippen LogP contribution in [0.15, 0.2) is 24.3 Å². The van der Waals surface area contributed by atoms with Crippen molar-refractivity contribution in [3.8, 4) is 0 Å². The predicted octanol–water partition coefficient (Wildman–Crippen LogP) is 1.50. The molecule has 2 N–H and O–H groups in total. The Bertz CT molecular complexity index is 286. The van der Waals surface area contributed by atoms with Crippen molar-refractivity contribution in [3.63, 3.8) is 0 Å². The molecule has 1 atom stereocenters. The molecule has 2 nitrogen and oxygen atoms in total. The van der Waals surface area contributed by atoms with Crippen molar-refractivity contribution in [2.75, 3.05) is 6.54 Å². The zero-order valence-corrected chi connectivity index (χ0v) is 7.88. The molecule has 0 aliphatic heterocycles. The molecular formula is C10H11F3NO. The molecular weight excluding hydrogens is 207 g/mol. The van der Waals surface area contributed by atoms with Gasteiger partial charge in [0.2, 0.25) is 0 Å². The molecule has 1 radical (unpaired) electrons. The molecule has 0 aromatic heterocycles. The van der Waals surface area contributed by atoms with Gasteiger partial charge in [0.25, 0.3) is 0 Å². The highest BCUT2D eigenvalue weighted by atomic mass is 19.4. The topological polar surface area (TPSA) is 32.3 Å². The standard InChI is InChI=1S/C10H11F3NO/c11-10(12,13)9(15)7-14-6-8-4-2-1-3-5-8/h2-5,9,14-15H,6-7H2. The third-order valence-electron chi connectivity index (χ3n) is 1.83. The number of alkyl halides is 3. The fourth-order valence-electron chi connectivity index (χ4n) is 1.01.